The van der Waals surface area contributed by atoms with Crippen molar-refractivity contribution in [2.45, 2.75) is 12.8 Å². The number of nitrogens with two attached hydrogens (primary N) is 2. The standard InChI is InChI=1S/C11H17N3S/c12-7-5-9-1-3-10(4-2-9)6-8-15-11(13)14/h1-4H,5-8,12H2,(H3,13,14). The van der Waals surface area contributed by atoms with Crippen LogP contribution in [0, 0.1) is 5.41 Å². The Morgan fingerprint density at radius 2 is 1.67 bits per heavy atom. The molecule has 0 spiro atoms. The molecule has 15 heavy (non-hydrogen) atoms. The molecule has 3 nitrogen and oxygen atoms in total. The molecule has 0 unspecified atom stereocenters. The fraction of sp³-hybridized carbons (Fsp3) is 0.364. The van der Waals surface area contributed by atoms with Crippen LogP contribution in [0.15, 0.2) is 24.3 Å². The first-order chi connectivity index (χ1) is 7.22. The Morgan fingerprint density at radius 3 is 2.13 bits per heavy atom. The van der Waals surface area contributed by atoms with Gasteiger partial charge in [0.05, 0.1) is 0 Å². The first kappa shape index (κ1) is 12.1. The number of nitrogens with one attached hydrogen (secondary N) is 1. The largest absolute Gasteiger partial charge is 0.379 e. The molecular formula is C11H17N3S. The Kier molecular flexibility index (Phi) is 5.21. The number of hydrogen-bond acceptors (Lipinski definition) is 3. The monoisotopic (exact) mass is 223 g/mol. The van der Waals surface area contributed by atoms with Crippen LogP contribution in [0.25, 0.3) is 0 Å². The number of amidine groups is 1. The van der Waals surface area contributed by atoms with Crippen LogP contribution in [0.2, 0.25) is 0 Å². The van der Waals surface area contributed by atoms with Gasteiger partial charge in [-0.15, -0.1) is 0 Å². The van der Waals surface area contributed by atoms with Gasteiger partial charge in [-0.3, -0.25) is 5.41 Å². The molecule has 0 aliphatic carbocycles. The highest BCUT2D eigenvalue weighted by Crippen LogP contribution is 2.08. The van der Waals surface area contributed by atoms with Gasteiger partial charge >= 0.3 is 0 Å². The van der Waals surface area contributed by atoms with Crippen molar-refractivity contribution >= 4 is 16.9 Å². The Bertz CT molecular complexity index is 308. The van der Waals surface area contributed by atoms with Crippen molar-refractivity contribution in [3.05, 3.63) is 35.4 Å². The summed E-state index contributed by atoms with van der Waals surface area (Å²) < 4.78 is 0. The van der Waals surface area contributed by atoms with Crippen molar-refractivity contribution in [2.75, 3.05) is 12.3 Å². The van der Waals surface area contributed by atoms with Crippen LogP contribution >= 0.6 is 11.8 Å². The second-order valence-corrected chi connectivity index (χ2v) is 4.45. The van der Waals surface area contributed by atoms with E-state index in [1.807, 2.05) is 0 Å². The molecule has 0 aliphatic rings. The van der Waals surface area contributed by atoms with Crippen molar-refractivity contribution in [3.8, 4) is 0 Å². The van der Waals surface area contributed by atoms with E-state index in [1.165, 1.54) is 22.9 Å². The lowest BCUT2D eigenvalue weighted by Gasteiger charge is -2.02. The van der Waals surface area contributed by atoms with Gasteiger partial charge in [-0.05, 0) is 30.5 Å². The summed E-state index contributed by atoms with van der Waals surface area (Å²) in [6.45, 7) is 0.694. The van der Waals surface area contributed by atoms with Crippen LogP contribution in [-0.4, -0.2) is 17.5 Å². The van der Waals surface area contributed by atoms with Gasteiger partial charge in [0.2, 0.25) is 0 Å². The molecule has 4 heteroatoms. The number of aryl methyl sites for hydroxylation is 1. The molecule has 82 valence electrons. The van der Waals surface area contributed by atoms with Crippen LogP contribution < -0.4 is 11.5 Å². The summed E-state index contributed by atoms with van der Waals surface area (Å²) >= 11 is 1.38. The van der Waals surface area contributed by atoms with E-state index in [2.05, 4.69) is 24.3 Å². The van der Waals surface area contributed by atoms with E-state index in [9.17, 15) is 0 Å². The van der Waals surface area contributed by atoms with Gasteiger partial charge in [-0.1, -0.05) is 36.0 Å². The third-order valence-electron chi connectivity index (χ3n) is 2.10. The normalized spacial score (nSPS) is 10.2. The maximum atomic E-state index is 7.08. The van der Waals surface area contributed by atoms with E-state index in [0.717, 1.165) is 18.6 Å². The molecule has 0 atom stereocenters. The quantitative estimate of drug-likeness (QED) is 0.521. The Hall–Kier alpha value is -1.00. The van der Waals surface area contributed by atoms with Gasteiger partial charge in [0.1, 0.15) is 0 Å². The smallest absolute Gasteiger partial charge is 0.151 e. The summed E-state index contributed by atoms with van der Waals surface area (Å²) in [6, 6.07) is 8.46. The molecular weight excluding hydrogens is 206 g/mol. The van der Waals surface area contributed by atoms with E-state index in [1.54, 1.807) is 0 Å². The molecule has 1 aromatic carbocycles. The molecule has 0 saturated heterocycles. The minimum atomic E-state index is 0.190. The summed E-state index contributed by atoms with van der Waals surface area (Å²) in [5.41, 5.74) is 13.3. The van der Waals surface area contributed by atoms with Crippen LogP contribution in [0.3, 0.4) is 0 Å². The van der Waals surface area contributed by atoms with Crippen molar-refractivity contribution in [1.29, 1.82) is 5.41 Å². The second-order valence-electron chi connectivity index (χ2n) is 3.32. The van der Waals surface area contributed by atoms with Crippen molar-refractivity contribution in [1.82, 2.24) is 0 Å². The first-order valence-corrected chi connectivity index (χ1v) is 5.95. The number of hydrogen-bond donors (Lipinski definition) is 3. The van der Waals surface area contributed by atoms with E-state index in [0.29, 0.717) is 6.54 Å². The van der Waals surface area contributed by atoms with E-state index >= 15 is 0 Å². The second kappa shape index (κ2) is 6.48. The molecule has 1 aromatic rings. The zero-order chi connectivity index (χ0) is 11.1. The van der Waals surface area contributed by atoms with Gasteiger partial charge in [-0.2, -0.15) is 0 Å². The number of rotatable bonds is 5. The Morgan fingerprint density at radius 1 is 1.13 bits per heavy atom. The van der Waals surface area contributed by atoms with Crippen LogP contribution in [0.4, 0.5) is 0 Å². The maximum absolute atomic E-state index is 7.08. The minimum absolute atomic E-state index is 0.190. The zero-order valence-electron chi connectivity index (χ0n) is 8.70. The number of thioether (sulfide) groups is 1. The third kappa shape index (κ3) is 4.85. The molecule has 0 heterocycles. The molecule has 0 radical (unpaired) electrons. The molecule has 5 N–H and O–H groups in total. The van der Waals surface area contributed by atoms with Crippen molar-refractivity contribution in [3.63, 3.8) is 0 Å². The first-order valence-electron chi connectivity index (χ1n) is 4.97. The average Bonchev–Trinajstić information content (AvgIpc) is 2.20. The molecule has 0 fully saturated rings. The Balaban J connectivity index is 2.39. The third-order valence-corrected chi connectivity index (χ3v) is 2.82. The molecule has 0 saturated carbocycles. The fourth-order valence-corrected chi connectivity index (χ4v) is 1.88. The zero-order valence-corrected chi connectivity index (χ0v) is 9.52. The van der Waals surface area contributed by atoms with Crippen molar-refractivity contribution < 1.29 is 0 Å². The Labute approximate surface area is 94.7 Å². The SMILES string of the molecule is N=C(N)SCCc1ccc(CCN)cc1. The summed E-state index contributed by atoms with van der Waals surface area (Å²) in [5.74, 6) is 0.867. The fourth-order valence-electron chi connectivity index (χ4n) is 1.32. The highest BCUT2D eigenvalue weighted by molar-refractivity contribution is 8.13. The minimum Gasteiger partial charge on any atom is -0.379 e. The molecule has 0 amide bonds. The van der Waals surface area contributed by atoms with E-state index in [-0.39, 0.29) is 5.17 Å². The van der Waals surface area contributed by atoms with Gasteiger partial charge in [-0.25, -0.2) is 0 Å². The molecule has 0 aliphatic heterocycles. The summed E-state index contributed by atoms with van der Waals surface area (Å²) in [6.07, 6.45) is 1.88. The van der Waals surface area contributed by atoms with Gasteiger partial charge in [0.25, 0.3) is 0 Å². The highest BCUT2D eigenvalue weighted by Gasteiger charge is 1.96. The highest BCUT2D eigenvalue weighted by atomic mass is 32.2. The topological polar surface area (TPSA) is 75.9 Å². The van der Waals surface area contributed by atoms with Gasteiger partial charge in [0.15, 0.2) is 5.17 Å². The lowest BCUT2D eigenvalue weighted by Crippen LogP contribution is -2.05. The lowest BCUT2D eigenvalue weighted by atomic mass is 10.1. The maximum Gasteiger partial charge on any atom is 0.151 e. The van der Waals surface area contributed by atoms with E-state index < -0.39 is 0 Å². The lowest BCUT2D eigenvalue weighted by molar-refractivity contribution is 0.966. The predicted molar refractivity (Wildman–Crippen MR) is 67.3 cm³/mol. The van der Waals surface area contributed by atoms with Crippen LogP contribution in [0.1, 0.15) is 11.1 Å². The van der Waals surface area contributed by atoms with Crippen LogP contribution in [-0.2, 0) is 12.8 Å². The van der Waals surface area contributed by atoms with E-state index in [4.69, 9.17) is 16.9 Å². The predicted octanol–water partition coefficient (Wildman–Crippen LogP) is 1.36. The number of benzene rings is 1. The van der Waals surface area contributed by atoms with Crippen molar-refractivity contribution in [2.24, 2.45) is 11.5 Å². The summed E-state index contributed by atoms with van der Waals surface area (Å²) in [5, 5.41) is 7.27. The summed E-state index contributed by atoms with van der Waals surface area (Å²) in [7, 11) is 0. The van der Waals surface area contributed by atoms with Crippen LogP contribution in [0.5, 0.6) is 0 Å². The molecule has 0 bridgehead atoms. The van der Waals surface area contributed by atoms with Gasteiger partial charge < -0.3 is 11.5 Å². The summed E-state index contributed by atoms with van der Waals surface area (Å²) in [4.78, 5) is 0. The molecule has 1 rings (SSSR count). The average molecular weight is 223 g/mol. The molecule has 0 aromatic heterocycles. The van der Waals surface area contributed by atoms with Gasteiger partial charge in [0, 0.05) is 5.75 Å².